The van der Waals surface area contributed by atoms with Crippen LogP contribution in [-0.4, -0.2) is 20.1 Å². The van der Waals surface area contributed by atoms with Gasteiger partial charge in [0.05, 0.1) is 29.3 Å². The van der Waals surface area contributed by atoms with Crippen molar-refractivity contribution < 1.29 is 4.79 Å². The Morgan fingerprint density at radius 1 is 0.775 bits per heavy atom. The van der Waals surface area contributed by atoms with E-state index in [2.05, 4.69) is 97.3 Å². The van der Waals surface area contributed by atoms with E-state index in [1.807, 2.05) is 42.7 Å². The number of carbonyl (C=O) groups is 1. The highest BCUT2D eigenvalue weighted by molar-refractivity contribution is 6.31. The number of carbonyl (C=O) groups excluding carboxylic acids is 1. The molecule has 0 radical (unpaired) electrons. The van der Waals surface area contributed by atoms with E-state index < -0.39 is 5.54 Å². The molecule has 1 aliphatic heterocycles. The summed E-state index contributed by atoms with van der Waals surface area (Å²) in [6.45, 7) is 4.10. The monoisotopic (exact) mass is 542 g/mol. The molecule has 0 saturated heterocycles. The number of imidazole rings is 1. The van der Waals surface area contributed by atoms with Gasteiger partial charge in [-0.25, -0.2) is 9.78 Å². The molecule has 1 atom stereocenters. The third-order valence-electron chi connectivity index (χ3n) is 8.15. The van der Waals surface area contributed by atoms with E-state index >= 15 is 0 Å². The Labute approximate surface area is 237 Å². The second-order valence-electron chi connectivity index (χ2n) is 10.3. The van der Waals surface area contributed by atoms with Crippen molar-refractivity contribution in [2.75, 3.05) is 4.90 Å². The minimum Gasteiger partial charge on any atom is -0.314 e. The molecule has 196 valence electrons. The second kappa shape index (κ2) is 9.25. The number of hydrogen-bond acceptors (Lipinski definition) is 2. The molecule has 0 N–H and O–H groups in total. The van der Waals surface area contributed by atoms with E-state index in [0.717, 1.165) is 39.0 Å². The zero-order valence-corrected chi connectivity index (χ0v) is 23.0. The molecule has 0 saturated carbocycles. The van der Waals surface area contributed by atoms with E-state index in [-0.39, 0.29) is 12.1 Å². The summed E-state index contributed by atoms with van der Waals surface area (Å²) in [5.41, 5.74) is 5.24. The van der Waals surface area contributed by atoms with Crippen LogP contribution in [0.5, 0.6) is 0 Å². The molecule has 0 aliphatic carbocycles. The maximum Gasteiger partial charge on any atom is 0.335 e. The van der Waals surface area contributed by atoms with Crippen LogP contribution in [0.4, 0.5) is 10.6 Å². The lowest BCUT2D eigenvalue weighted by molar-refractivity contribution is 0.250. The number of halogens is 1. The third-order valence-corrected chi connectivity index (χ3v) is 8.39. The maximum absolute atomic E-state index is 14.0. The van der Waals surface area contributed by atoms with Crippen LogP contribution in [0, 0.1) is 6.92 Å². The van der Waals surface area contributed by atoms with Crippen molar-refractivity contribution in [1.82, 2.24) is 14.1 Å². The molecular formula is C34H27ClN4O. The number of rotatable bonds is 5. The second-order valence-corrected chi connectivity index (χ2v) is 10.7. The molecule has 0 fully saturated rings. The summed E-state index contributed by atoms with van der Waals surface area (Å²) in [4.78, 5) is 20.7. The minimum absolute atomic E-state index is 0.127. The molecule has 2 aromatic heterocycles. The van der Waals surface area contributed by atoms with Gasteiger partial charge in [0.25, 0.3) is 0 Å². The Hall–Kier alpha value is -4.61. The van der Waals surface area contributed by atoms with Gasteiger partial charge in [-0.3, -0.25) is 9.47 Å². The van der Waals surface area contributed by atoms with Crippen LogP contribution in [0.3, 0.4) is 0 Å². The molecule has 4 aromatic carbocycles. The number of hydrogen-bond donors (Lipinski definition) is 0. The van der Waals surface area contributed by atoms with E-state index in [0.29, 0.717) is 10.8 Å². The molecule has 6 aromatic rings. The van der Waals surface area contributed by atoms with Crippen molar-refractivity contribution in [3.05, 3.63) is 155 Å². The fourth-order valence-corrected chi connectivity index (χ4v) is 6.49. The maximum atomic E-state index is 14.0. The Morgan fingerprint density at radius 2 is 1.32 bits per heavy atom. The summed E-state index contributed by atoms with van der Waals surface area (Å²) in [6, 6.07) is 38.9. The molecule has 0 bridgehead atoms. The Morgan fingerprint density at radius 3 is 1.88 bits per heavy atom. The van der Waals surface area contributed by atoms with Gasteiger partial charge in [-0.2, -0.15) is 0 Å². The van der Waals surface area contributed by atoms with Crippen molar-refractivity contribution in [1.29, 1.82) is 0 Å². The molecule has 6 heteroatoms. The molecule has 1 aliphatic rings. The highest BCUT2D eigenvalue weighted by atomic mass is 35.5. The first kappa shape index (κ1) is 24.4. The van der Waals surface area contributed by atoms with E-state index in [1.54, 1.807) is 9.47 Å². The van der Waals surface area contributed by atoms with Gasteiger partial charge >= 0.3 is 6.03 Å². The van der Waals surface area contributed by atoms with Crippen molar-refractivity contribution in [3.8, 4) is 0 Å². The molecule has 3 heterocycles. The van der Waals surface area contributed by atoms with Gasteiger partial charge in [-0.1, -0.05) is 109 Å². The average molecular weight is 543 g/mol. The van der Waals surface area contributed by atoms with Crippen LogP contribution in [0.15, 0.2) is 122 Å². The van der Waals surface area contributed by atoms with Crippen molar-refractivity contribution in [3.63, 3.8) is 0 Å². The first-order valence-electron chi connectivity index (χ1n) is 13.4. The van der Waals surface area contributed by atoms with Gasteiger partial charge in [0.1, 0.15) is 5.54 Å². The lowest BCUT2D eigenvalue weighted by atomic mass is 9.76. The number of aromatic nitrogens is 3. The summed E-state index contributed by atoms with van der Waals surface area (Å²) in [5.74, 6) is 0.642. The fraction of sp³-hybridized carbons (Fsp3) is 0.118. The van der Waals surface area contributed by atoms with Gasteiger partial charge in [-0.05, 0) is 48.7 Å². The van der Waals surface area contributed by atoms with E-state index in [1.165, 1.54) is 0 Å². The highest BCUT2D eigenvalue weighted by Crippen LogP contribution is 2.45. The number of amides is 1. The Kier molecular flexibility index (Phi) is 5.65. The Bertz CT molecular complexity index is 1760. The molecule has 1 amide bonds. The fourth-order valence-electron chi connectivity index (χ4n) is 6.33. The van der Waals surface area contributed by atoms with E-state index in [9.17, 15) is 4.79 Å². The van der Waals surface area contributed by atoms with Gasteiger partial charge < -0.3 is 4.57 Å². The number of nitrogens with zero attached hydrogens (tertiary/aromatic N) is 4. The number of benzene rings is 4. The van der Waals surface area contributed by atoms with Gasteiger partial charge in [-0.15, -0.1) is 0 Å². The summed E-state index contributed by atoms with van der Waals surface area (Å²) in [6.07, 6.45) is 1.88. The van der Waals surface area contributed by atoms with Gasteiger partial charge in [0.2, 0.25) is 0 Å². The topological polar surface area (TPSA) is 43.1 Å². The minimum atomic E-state index is -0.708. The predicted octanol–water partition coefficient (Wildman–Crippen LogP) is 8.19. The predicted molar refractivity (Wildman–Crippen MR) is 160 cm³/mol. The summed E-state index contributed by atoms with van der Waals surface area (Å²) in [7, 11) is 0. The van der Waals surface area contributed by atoms with Crippen LogP contribution in [-0.2, 0) is 5.54 Å². The van der Waals surface area contributed by atoms with Crippen molar-refractivity contribution in [2.24, 2.45) is 0 Å². The van der Waals surface area contributed by atoms with Crippen molar-refractivity contribution >= 4 is 34.4 Å². The molecular weight excluding hydrogens is 516 g/mol. The normalized spacial score (nSPS) is 15.1. The lowest BCUT2D eigenvalue weighted by Gasteiger charge is -2.38. The molecule has 7 rings (SSSR count). The van der Waals surface area contributed by atoms with Crippen molar-refractivity contribution in [2.45, 2.75) is 25.4 Å². The third kappa shape index (κ3) is 3.41. The van der Waals surface area contributed by atoms with Crippen LogP contribution in [0.2, 0.25) is 5.02 Å². The van der Waals surface area contributed by atoms with E-state index in [4.69, 9.17) is 16.6 Å². The molecule has 5 nitrogen and oxygen atoms in total. The van der Waals surface area contributed by atoms with Crippen LogP contribution in [0.1, 0.15) is 41.0 Å². The largest absolute Gasteiger partial charge is 0.335 e. The summed E-state index contributed by atoms with van der Waals surface area (Å²) < 4.78 is 3.98. The van der Waals surface area contributed by atoms with Gasteiger partial charge in [0.15, 0.2) is 5.82 Å². The van der Waals surface area contributed by atoms with Gasteiger partial charge in [0, 0.05) is 10.4 Å². The first-order valence-corrected chi connectivity index (χ1v) is 13.7. The molecule has 1 unspecified atom stereocenters. The molecule has 40 heavy (non-hydrogen) atoms. The quantitative estimate of drug-likeness (QED) is 0.206. The average Bonchev–Trinajstić information content (AvgIpc) is 3.63. The number of anilines is 1. The number of fused-ring (bicyclic) bond motifs is 3. The summed E-state index contributed by atoms with van der Waals surface area (Å²) in [5, 5.41) is 1.60. The highest BCUT2D eigenvalue weighted by Gasteiger charge is 2.43. The first-order chi connectivity index (χ1) is 19.5. The van der Waals surface area contributed by atoms with Crippen LogP contribution >= 0.6 is 11.6 Å². The lowest BCUT2D eigenvalue weighted by Crippen LogP contribution is -2.38. The van der Waals surface area contributed by atoms with Crippen LogP contribution < -0.4 is 4.90 Å². The smallest absolute Gasteiger partial charge is 0.314 e. The summed E-state index contributed by atoms with van der Waals surface area (Å²) >= 11 is 6.31. The zero-order chi connectivity index (χ0) is 27.4. The standard InChI is InChI=1S/C34H27ClN4O/c1-23-30-20-25-18-19-29(35)21-31(25)39(30)33(40)38(23)32-24(2)37(22-36-32)34(26-12-6-3-7-13-26,27-14-8-4-9-15-27)28-16-10-5-11-17-28/h3-23H,1-2H3. The SMILES string of the molecule is Cc1c(N2C(=O)n3c(cc4ccc(Cl)cc43)C2C)ncn1C(c1ccccc1)(c1ccccc1)c1ccccc1. The van der Waals surface area contributed by atoms with Crippen LogP contribution in [0.25, 0.3) is 10.9 Å². The molecule has 0 spiro atoms. The zero-order valence-electron chi connectivity index (χ0n) is 22.2. The Balaban J connectivity index is 1.45.